The molecule has 11 heteroatoms. The number of hydrogen-bond donors (Lipinski definition) is 1. The fourth-order valence-corrected chi connectivity index (χ4v) is 7.99. The molecule has 49 heavy (non-hydrogen) atoms. The van der Waals surface area contributed by atoms with Crippen LogP contribution in [0.25, 0.3) is 0 Å². The Morgan fingerprint density at radius 1 is 0.612 bits per heavy atom. The summed E-state index contributed by atoms with van der Waals surface area (Å²) < 4.78 is 35.5. The minimum Gasteiger partial charge on any atom is -0.340 e. The van der Waals surface area contributed by atoms with Gasteiger partial charge in [0, 0.05) is 42.1 Å². The lowest BCUT2D eigenvalue weighted by atomic mass is 9.85. The average molecular weight is 777 g/mol. The highest BCUT2D eigenvalue weighted by Crippen LogP contribution is 2.42. The molecule has 5 aromatic rings. The van der Waals surface area contributed by atoms with Crippen LogP contribution in [0.5, 0.6) is 0 Å². The number of nitrogens with zero attached hydrogens (tertiary/aromatic N) is 2. The maximum absolute atomic E-state index is 12.6. The second-order valence-electron chi connectivity index (χ2n) is 11.5. The normalized spacial score (nSPS) is 12.1. The van der Waals surface area contributed by atoms with E-state index in [2.05, 4.69) is 4.90 Å². The van der Waals surface area contributed by atoms with Crippen LogP contribution in [0.1, 0.15) is 41.0 Å². The van der Waals surface area contributed by atoms with Crippen LogP contribution >= 0.6 is 58.0 Å². The molecule has 5 nitrogen and oxygen atoms in total. The Labute approximate surface area is 313 Å². The fourth-order valence-electron chi connectivity index (χ4n) is 6.09. The molecule has 1 atom stereocenters. The van der Waals surface area contributed by atoms with E-state index in [1.165, 1.54) is 6.07 Å². The van der Waals surface area contributed by atoms with E-state index in [1.54, 1.807) is 36.4 Å². The van der Waals surface area contributed by atoms with E-state index in [1.807, 2.05) is 78.6 Å². The van der Waals surface area contributed by atoms with Crippen LogP contribution in [0.3, 0.4) is 0 Å². The molecule has 5 rings (SSSR count). The molecule has 0 radical (unpaired) electrons. The first kappa shape index (κ1) is 37.3. The monoisotopic (exact) mass is 774 g/mol. The summed E-state index contributed by atoms with van der Waals surface area (Å²) in [7, 11) is -4.53. The maximum atomic E-state index is 12.6. The Hall–Kier alpha value is -2.94. The predicted octanol–water partition coefficient (Wildman–Crippen LogP) is 11.9. The molecule has 0 aliphatic heterocycles. The van der Waals surface area contributed by atoms with E-state index in [0.717, 1.165) is 40.2 Å². The van der Waals surface area contributed by atoms with Gasteiger partial charge in [-0.15, -0.1) is 23.2 Å². The molecule has 1 unspecified atom stereocenters. The number of rotatable bonds is 14. The highest BCUT2D eigenvalue weighted by atomic mass is 35.5. The largest absolute Gasteiger partial charge is 0.340 e. The van der Waals surface area contributed by atoms with E-state index in [4.69, 9.17) is 58.0 Å². The van der Waals surface area contributed by atoms with Crippen molar-refractivity contribution in [1.82, 2.24) is 0 Å². The van der Waals surface area contributed by atoms with Gasteiger partial charge in [-0.1, -0.05) is 95.5 Å². The average Bonchev–Trinajstić information content (AvgIpc) is 3.08. The van der Waals surface area contributed by atoms with E-state index in [-0.39, 0.29) is 4.90 Å². The van der Waals surface area contributed by atoms with Gasteiger partial charge < -0.3 is 9.80 Å². The van der Waals surface area contributed by atoms with Crippen LogP contribution < -0.4 is 9.80 Å². The Morgan fingerprint density at radius 2 is 1.06 bits per heavy atom. The molecular weight excluding hydrogens is 742 g/mol. The first-order chi connectivity index (χ1) is 23.5. The van der Waals surface area contributed by atoms with Gasteiger partial charge in [-0.05, 0) is 90.6 Å². The van der Waals surface area contributed by atoms with Gasteiger partial charge in [0.25, 0.3) is 10.1 Å². The number of anilines is 4. The smallest absolute Gasteiger partial charge is 0.294 e. The van der Waals surface area contributed by atoms with Crippen LogP contribution in [0, 0.1) is 6.92 Å². The number of aryl methyl sites for hydroxylation is 1. The van der Waals surface area contributed by atoms with Crippen molar-refractivity contribution in [3.05, 3.63) is 147 Å². The summed E-state index contributed by atoms with van der Waals surface area (Å²) in [6, 6.07) is 33.5. The van der Waals surface area contributed by atoms with Gasteiger partial charge in [-0.2, -0.15) is 8.42 Å². The molecule has 0 fully saturated rings. The standard InChI is InChI=1S/C38H35Cl5N2O3S/c1-26-8-4-10-32(41)37(26)44(24-6-22-39)29-18-14-27(15-19-29)36(31-9-2-3-13-35(31)49(46,47)48)28-16-20-30(21-17-28)45(25-7-23-40)38-33(42)11-5-12-34(38)43/h2-5,8-21,36H,6-7,22-25H2,1H3,(H,46,47,48). The lowest BCUT2D eigenvalue weighted by Crippen LogP contribution is -2.20. The van der Waals surface area contributed by atoms with Gasteiger partial charge in [0.05, 0.1) is 31.3 Å². The zero-order valence-corrected chi connectivity index (χ0v) is 31.3. The van der Waals surface area contributed by atoms with Crippen LogP contribution in [-0.2, 0) is 10.1 Å². The first-order valence-electron chi connectivity index (χ1n) is 15.7. The number of benzene rings is 5. The summed E-state index contributed by atoms with van der Waals surface area (Å²) in [6.45, 7) is 3.25. The third-order valence-corrected chi connectivity index (χ3v) is 10.7. The molecule has 0 saturated carbocycles. The molecule has 0 aliphatic rings. The van der Waals surface area contributed by atoms with Crippen LogP contribution in [0.4, 0.5) is 22.7 Å². The highest BCUT2D eigenvalue weighted by Gasteiger charge is 2.26. The molecule has 256 valence electrons. The number of alkyl halides is 2. The van der Waals surface area contributed by atoms with Crippen molar-refractivity contribution in [2.45, 2.75) is 30.6 Å². The van der Waals surface area contributed by atoms with Gasteiger partial charge in [0.1, 0.15) is 0 Å². The minimum absolute atomic E-state index is 0.157. The van der Waals surface area contributed by atoms with Crippen molar-refractivity contribution in [3.63, 3.8) is 0 Å². The van der Waals surface area contributed by atoms with Crippen molar-refractivity contribution in [2.24, 2.45) is 0 Å². The Balaban J connectivity index is 1.61. The molecule has 0 bridgehead atoms. The zero-order valence-electron chi connectivity index (χ0n) is 26.7. The van der Waals surface area contributed by atoms with Crippen LogP contribution in [0.2, 0.25) is 15.1 Å². The lowest BCUT2D eigenvalue weighted by molar-refractivity contribution is 0.482. The predicted molar refractivity (Wildman–Crippen MR) is 207 cm³/mol. The lowest BCUT2D eigenvalue weighted by Gasteiger charge is -2.29. The van der Waals surface area contributed by atoms with Gasteiger partial charge in [-0.3, -0.25) is 4.55 Å². The number of halogens is 5. The van der Waals surface area contributed by atoms with E-state index in [0.29, 0.717) is 57.6 Å². The molecule has 1 N–H and O–H groups in total. The van der Waals surface area contributed by atoms with Gasteiger partial charge in [-0.25, -0.2) is 0 Å². The minimum atomic E-state index is -4.53. The summed E-state index contributed by atoms with van der Waals surface area (Å²) in [5.74, 6) is 0.412. The van der Waals surface area contributed by atoms with Crippen LogP contribution in [-0.4, -0.2) is 37.8 Å². The molecule has 0 aromatic heterocycles. The van der Waals surface area contributed by atoms with Crippen molar-refractivity contribution in [1.29, 1.82) is 0 Å². The fraction of sp³-hybridized carbons (Fsp3) is 0.211. The molecule has 0 aliphatic carbocycles. The molecule has 0 amide bonds. The molecule has 0 saturated heterocycles. The molecule has 0 heterocycles. The molecule has 0 spiro atoms. The quantitative estimate of drug-likeness (QED) is 0.0691. The Bertz CT molecular complexity index is 1840. The van der Waals surface area contributed by atoms with E-state index < -0.39 is 16.0 Å². The first-order valence-corrected chi connectivity index (χ1v) is 19.3. The third kappa shape index (κ3) is 8.69. The Kier molecular flexibility index (Phi) is 12.8. The Morgan fingerprint density at radius 3 is 1.53 bits per heavy atom. The number of hydrogen-bond acceptors (Lipinski definition) is 4. The highest BCUT2D eigenvalue weighted by molar-refractivity contribution is 7.85. The summed E-state index contributed by atoms with van der Waals surface area (Å²) in [5.41, 5.74) is 6.46. The van der Waals surface area contributed by atoms with Gasteiger partial charge in [0.15, 0.2) is 0 Å². The SMILES string of the molecule is Cc1cccc(Cl)c1N(CCCCl)c1ccc(C(c2ccc(N(CCCCl)c3c(Cl)cccc3Cl)cc2)c2ccccc2S(=O)(=O)O)cc1. The summed E-state index contributed by atoms with van der Waals surface area (Å²) >= 11 is 32.1. The van der Waals surface area contributed by atoms with Crippen molar-refractivity contribution < 1.29 is 13.0 Å². The topological polar surface area (TPSA) is 60.9 Å². The van der Waals surface area contributed by atoms with Crippen molar-refractivity contribution in [2.75, 3.05) is 34.6 Å². The molecule has 5 aromatic carbocycles. The summed E-state index contributed by atoms with van der Waals surface area (Å²) in [5, 5.41) is 1.66. The van der Waals surface area contributed by atoms with E-state index >= 15 is 0 Å². The maximum Gasteiger partial charge on any atom is 0.294 e. The number of para-hydroxylation sites is 2. The second kappa shape index (κ2) is 16.8. The van der Waals surface area contributed by atoms with E-state index in [9.17, 15) is 13.0 Å². The zero-order chi connectivity index (χ0) is 35.1. The van der Waals surface area contributed by atoms with Crippen LogP contribution in [0.15, 0.2) is 114 Å². The van der Waals surface area contributed by atoms with Crippen molar-refractivity contribution in [3.8, 4) is 0 Å². The van der Waals surface area contributed by atoms with Crippen molar-refractivity contribution >= 4 is 90.9 Å². The second-order valence-corrected chi connectivity index (χ2v) is 14.9. The third-order valence-electron chi connectivity index (χ3n) is 8.28. The van der Waals surface area contributed by atoms with Gasteiger partial charge in [0.2, 0.25) is 0 Å². The summed E-state index contributed by atoms with van der Waals surface area (Å²) in [4.78, 5) is 4.02. The summed E-state index contributed by atoms with van der Waals surface area (Å²) in [6.07, 6.45) is 1.43. The van der Waals surface area contributed by atoms with Gasteiger partial charge >= 0.3 is 0 Å². The molecular formula is C38H35Cl5N2O3S.